The average Bonchev–Trinajstić information content (AvgIpc) is 2.45. The maximum absolute atomic E-state index is 13.8. The number of nitriles is 1. The van der Waals surface area contributed by atoms with E-state index in [0.29, 0.717) is 18.7 Å². The Morgan fingerprint density at radius 2 is 2.25 bits per heavy atom. The number of nitrogens with zero attached hydrogens (tertiary/aromatic N) is 2. The molecule has 0 heterocycles. The van der Waals surface area contributed by atoms with Crippen LogP contribution in [0.25, 0.3) is 0 Å². The van der Waals surface area contributed by atoms with Crippen molar-refractivity contribution in [2.24, 2.45) is 5.92 Å². The van der Waals surface area contributed by atoms with Crippen molar-refractivity contribution in [1.29, 1.82) is 5.26 Å². The van der Waals surface area contributed by atoms with Crippen molar-refractivity contribution in [2.75, 3.05) is 20.1 Å². The molecule has 0 saturated heterocycles. The second-order valence-electron chi connectivity index (χ2n) is 4.73. The summed E-state index contributed by atoms with van der Waals surface area (Å²) in [5.74, 6) is -0.608. The van der Waals surface area contributed by atoms with Crippen molar-refractivity contribution >= 4 is 5.91 Å². The predicted octanol–water partition coefficient (Wildman–Crippen LogP) is 1.90. The van der Waals surface area contributed by atoms with E-state index < -0.39 is 5.82 Å². The number of benzene rings is 1. The number of amides is 1. The van der Waals surface area contributed by atoms with E-state index in [1.54, 1.807) is 24.1 Å². The molecule has 0 aromatic heterocycles. The van der Waals surface area contributed by atoms with Gasteiger partial charge in [0.1, 0.15) is 5.82 Å². The summed E-state index contributed by atoms with van der Waals surface area (Å²) < 4.78 is 13.8. The Kier molecular flexibility index (Phi) is 6.13. The number of carbonyl (C=O) groups is 1. The summed E-state index contributed by atoms with van der Waals surface area (Å²) in [7, 11) is 1.79. The lowest BCUT2D eigenvalue weighted by atomic mass is 10.1. The monoisotopic (exact) mass is 277 g/mol. The number of carbonyl (C=O) groups excluding carboxylic acids is 1. The van der Waals surface area contributed by atoms with Crippen LogP contribution in [0.1, 0.15) is 25.0 Å². The zero-order valence-electron chi connectivity index (χ0n) is 12.1. The van der Waals surface area contributed by atoms with Crippen molar-refractivity contribution in [2.45, 2.75) is 20.4 Å². The maximum Gasteiger partial charge on any atom is 0.226 e. The van der Waals surface area contributed by atoms with Crippen LogP contribution in [0.5, 0.6) is 0 Å². The minimum Gasteiger partial charge on any atom is -0.338 e. The minimum atomic E-state index is -0.448. The Hall–Kier alpha value is -1.93. The van der Waals surface area contributed by atoms with E-state index >= 15 is 0 Å². The molecule has 1 amide bonds. The summed E-state index contributed by atoms with van der Waals surface area (Å²) in [6.45, 7) is 5.04. The van der Waals surface area contributed by atoms with Gasteiger partial charge in [0.2, 0.25) is 5.91 Å². The highest BCUT2D eigenvalue weighted by Gasteiger charge is 2.19. The van der Waals surface area contributed by atoms with Crippen molar-refractivity contribution < 1.29 is 9.18 Å². The fraction of sp³-hybridized carbons (Fsp3) is 0.467. The number of hydrogen-bond acceptors (Lipinski definition) is 3. The van der Waals surface area contributed by atoms with Gasteiger partial charge in [0.25, 0.3) is 0 Å². The molecule has 0 saturated carbocycles. The second kappa shape index (κ2) is 7.61. The molecule has 0 spiro atoms. The molecule has 4 nitrogen and oxygen atoms in total. The van der Waals surface area contributed by atoms with Crippen LogP contribution >= 0.6 is 0 Å². The van der Waals surface area contributed by atoms with Gasteiger partial charge in [0.05, 0.1) is 11.6 Å². The summed E-state index contributed by atoms with van der Waals surface area (Å²) in [4.78, 5) is 13.8. The molecule has 1 aromatic carbocycles. The molecule has 0 aliphatic rings. The molecule has 0 aliphatic heterocycles. The molecule has 20 heavy (non-hydrogen) atoms. The quantitative estimate of drug-likeness (QED) is 0.864. The highest BCUT2D eigenvalue weighted by Crippen LogP contribution is 2.14. The first kappa shape index (κ1) is 16.1. The third kappa shape index (κ3) is 4.04. The summed E-state index contributed by atoms with van der Waals surface area (Å²) in [6, 6.07) is 6.22. The summed E-state index contributed by atoms with van der Waals surface area (Å²) in [5.41, 5.74) is 0.708. The Balaban J connectivity index is 2.83. The largest absolute Gasteiger partial charge is 0.338 e. The van der Waals surface area contributed by atoms with E-state index in [2.05, 4.69) is 5.32 Å². The van der Waals surface area contributed by atoms with Crippen molar-refractivity contribution in [1.82, 2.24) is 10.2 Å². The van der Waals surface area contributed by atoms with Crippen LogP contribution in [0.3, 0.4) is 0 Å². The standard InChI is InChI=1S/C15H20FN3O/c1-4-19(15(20)11(2)9-18-3)10-13-6-5-12(8-17)7-14(13)16/h5-7,11,18H,4,9-10H2,1-3H3. The molecule has 0 radical (unpaired) electrons. The van der Waals surface area contributed by atoms with Gasteiger partial charge in [0.15, 0.2) is 0 Å². The third-order valence-corrected chi connectivity index (χ3v) is 3.17. The fourth-order valence-corrected chi connectivity index (χ4v) is 2.00. The van der Waals surface area contributed by atoms with Gasteiger partial charge in [-0.15, -0.1) is 0 Å². The molecule has 0 bridgehead atoms. The van der Waals surface area contributed by atoms with E-state index in [4.69, 9.17) is 5.26 Å². The number of rotatable bonds is 6. The average molecular weight is 277 g/mol. The summed E-state index contributed by atoms with van der Waals surface area (Å²) >= 11 is 0. The van der Waals surface area contributed by atoms with Crippen LogP contribution < -0.4 is 5.32 Å². The highest BCUT2D eigenvalue weighted by molar-refractivity contribution is 5.78. The molecule has 1 aromatic rings. The molecule has 5 heteroatoms. The van der Waals surface area contributed by atoms with Crippen molar-refractivity contribution in [3.8, 4) is 6.07 Å². The van der Waals surface area contributed by atoms with Crippen LogP contribution in [0.4, 0.5) is 4.39 Å². The molecule has 1 unspecified atom stereocenters. The van der Waals surface area contributed by atoms with Gasteiger partial charge in [-0.25, -0.2) is 4.39 Å². The van der Waals surface area contributed by atoms with Crippen LogP contribution in [-0.4, -0.2) is 30.9 Å². The van der Waals surface area contributed by atoms with Gasteiger partial charge in [-0.2, -0.15) is 5.26 Å². The molecule has 1 N–H and O–H groups in total. The van der Waals surface area contributed by atoms with E-state index in [1.165, 1.54) is 6.07 Å². The van der Waals surface area contributed by atoms with E-state index in [1.807, 2.05) is 19.9 Å². The zero-order valence-corrected chi connectivity index (χ0v) is 12.1. The summed E-state index contributed by atoms with van der Waals surface area (Å²) in [6.07, 6.45) is 0. The van der Waals surface area contributed by atoms with Crippen LogP contribution in [0, 0.1) is 23.1 Å². The van der Waals surface area contributed by atoms with Gasteiger partial charge < -0.3 is 10.2 Å². The lowest BCUT2D eigenvalue weighted by Crippen LogP contribution is -2.38. The third-order valence-electron chi connectivity index (χ3n) is 3.17. The molecule has 108 valence electrons. The first-order valence-corrected chi connectivity index (χ1v) is 6.65. The number of hydrogen-bond donors (Lipinski definition) is 1. The smallest absolute Gasteiger partial charge is 0.226 e. The van der Waals surface area contributed by atoms with Crippen molar-refractivity contribution in [3.05, 3.63) is 35.1 Å². The van der Waals surface area contributed by atoms with Gasteiger partial charge in [-0.3, -0.25) is 4.79 Å². The Morgan fingerprint density at radius 1 is 1.55 bits per heavy atom. The molecular formula is C15H20FN3O. The lowest BCUT2D eigenvalue weighted by molar-refractivity contribution is -0.135. The van der Waals surface area contributed by atoms with Crippen molar-refractivity contribution in [3.63, 3.8) is 0 Å². The Morgan fingerprint density at radius 3 is 2.75 bits per heavy atom. The van der Waals surface area contributed by atoms with E-state index in [-0.39, 0.29) is 23.9 Å². The van der Waals surface area contributed by atoms with Gasteiger partial charge >= 0.3 is 0 Å². The lowest BCUT2D eigenvalue weighted by Gasteiger charge is -2.24. The van der Waals surface area contributed by atoms with Gasteiger partial charge in [0, 0.05) is 31.1 Å². The van der Waals surface area contributed by atoms with E-state index in [9.17, 15) is 9.18 Å². The minimum absolute atomic E-state index is 0.00869. The van der Waals surface area contributed by atoms with Crippen LogP contribution in [-0.2, 0) is 11.3 Å². The molecule has 0 fully saturated rings. The zero-order chi connectivity index (χ0) is 15.1. The predicted molar refractivity (Wildman–Crippen MR) is 75.3 cm³/mol. The normalized spacial score (nSPS) is 11.8. The Bertz CT molecular complexity index is 510. The number of nitrogens with one attached hydrogen (secondary N) is 1. The van der Waals surface area contributed by atoms with Crippen LogP contribution in [0.2, 0.25) is 0 Å². The van der Waals surface area contributed by atoms with Gasteiger partial charge in [-0.05, 0) is 26.1 Å². The topological polar surface area (TPSA) is 56.1 Å². The summed E-state index contributed by atoms with van der Waals surface area (Å²) in [5, 5.41) is 11.7. The van der Waals surface area contributed by atoms with Gasteiger partial charge in [-0.1, -0.05) is 13.0 Å². The number of halogens is 1. The first-order chi connectivity index (χ1) is 9.53. The first-order valence-electron chi connectivity index (χ1n) is 6.65. The van der Waals surface area contributed by atoms with E-state index in [0.717, 1.165) is 0 Å². The van der Waals surface area contributed by atoms with Crippen LogP contribution in [0.15, 0.2) is 18.2 Å². The molecule has 0 aliphatic carbocycles. The highest BCUT2D eigenvalue weighted by atomic mass is 19.1. The fourth-order valence-electron chi connectivity index (χ4n) is 2.00. The Labute approximate surface area is 119 Å². The molecule has 1 atom stereocenters. The second-order valence-corrected chi connectivity index (χ2v) is 4.73. The SMILES string of the molecule is CCN(Cc1ccc(C#N)cc1F)C(=O)C(C)CNC. The maximum atomic E-state index is 13.8. The molecular weight excluding hydrogens is 257 g/mol. The molecule has 1 rings (SSSR count).